The van der Waals surface area contributed by atoms with E-state index in [1.165, 1.54) is 56.9 Å². The maximum absolute atomic E-state index is 13.7. The van der Waals surface area contributed by atoms with Gasteiger partial charge in [-0.15, -0.1) is 0 Å². The van der Waals surface area contributed by atoms with Crippen LogP contribution in [-0.2, 0) is 16.6 Å². The van der Waals surface area contributed by atoms with Crippen molar-refractivity contribution in [3.8, 4) is 0 Å². The lowest BCUT2D eigenvalue weighted by Crippen LogP contribution is -2.33. The van der Waals surface area contributed by atoms with Gasteiger partial charge in [-0.25, -0.2) is 17.8 Å². The first kappa shape index (κ1) is 25.9. The van der Waals surface area contributed by atoms with Gasteiger partial charge in [0.05, 0.1) is 21.7 Å². The molecular weight excluding hydrogens is 499 g/mol. The average molecular weight is 527 g/mol. The maximum Gasteiger partial charge on any atom is 0.260 e. The van der Waals surface area contributed by atoms with Crippen molar-refractivity contribution in [1.29, 1.82) is 0 Å². The fourth-order valence-corrected chi connectivity index (χ4v) is 6.44. The highest BCUT2D eigenvalue weighted by Gasteiger charge is 2.25. The first-order valence-corrected chi connectivity index (χ1v) is 14.0. The first-order chi connectivity index (χ1) is 17.3. The number of amides is 1. The van der Waals surface area contributed by atoms with Crippen molar-refractivity contribution in [1.82, 2.24) is 14.3 Å². The number of pyridine rings is 1. The Kier molecular flexibility index (Phi) is 8.07. The van der Waals surface area contributed by atoms with E-state index in [1.807, 2.05) is 19.9 Å². The minimum absolute atomic E-state index is 0.148. The zero-order valence-electron chi connectivity index (χ0n) is 20.1. The number of carbonyl (C=O) groups excluding carboxylic acids is 1. The lowest BCUT2D eigenvalue weighted by molar-refractivity contribution is 0.0985. The standard InChI is InChI=1S/C26H27FN4O3S2/c1-3-14-30(15-4-2)36(33,34)22-10-7-20(8-11-22)25(32)31(18-19-6-5-13-28-17-19)26-29-23-12-9-21(27)16-24(23)35-26/h5-13,16-17H,3-4,14-15,18H2,1-2H3. The summed E-state index contributed by atoms with van der Waals surface area (Å²) < 4.78 is 42.0. The van der Waals surface area contributed by atoms with E-state index in [9.17, 15) is 17.6 Å². The van der Waals surface area contributed by atoms with Crippen LogP contribution in [0, 0.1) is 5.82 Å². The van der Waals surface area contributed by atoms with E-state index < -0.39 is 10.0 Å². The molecule has 4 rings (SSSR count). The molecule has 0 aliphatic carbocycles. The molecule has 2 aromatic carbocycles. The van der Waals surface area contributed by atoms with Gasteiger partial charge in [-0.3, -0.25) is 14.7 Å². The molecular formula is C26H27FN4O3S2. The number of aromatic nitrogens is 2. The number of halogens is 1. The molecule has 36 heavy (non-hydrogen) atoms. The molecule has 10 heteroatoms. The lowest BCUT2D eigenvalue weighted by Gasteiger charge is -2.22. The second-order valence-electron chi connectivity index (χ2n) is 8.29. The van der Waals surface area contributed by atoms with Gasteiger partial charge in [0.2, 0.25) is 10.0 Å². The molecule has 188 valence electrons. The summed E-state index contributed by atoms with van der Waals surface area (Å²) in [5.41, 5.74) is 1.71. The van der Waals surface area contributed by atoms with Gasteiger partial charge in [0.15, 0.2) is 5.13 Å². The fourth-order valence-electron chi connectivity index (χ4n) is 3.83. The molecule has 0 spiro atoms. The second kappa shape index (κ2) is 11.2. The van der Waals surface area contributed by atoms with Crippen LogP contribution < -0.4 is 4.90 Å². The van der Waals surface area contributed by atoms with Crippen LogP contribution in [0.1, 0.15) is 42.6 Å². The number of hydrogen-bond acceptors (Lipinski definition) is 6. The van der Waals surface area contributed by atoms with Crippen LogP contribution in [0.4, 0.5) is 9.52 Å². The van der Waals surface area contributed by atoms with Crippen LogP contribution >= 0.6 is 11.3 Å². The summed E-state index contributed by atoms with van der Waals surface area (Å²) in [6, 6.07) is 13.9. The number of nitrogens with zero attached hydrogens (tertiary/aromatic N) is 4. The van der Waals surface area contributed by atoms with E-state index in [-0.39, 0.29) is 23.2 Å². The van der Waals surface area contributed by atoms with Crippen LogP contribution in [0.25, 0.3) is 10.2 Å². The second-order valence-corrected chi connectivity index (χ2v) is 11.2. The third-order valence-corrected chi connectivity index (χ3v) is 8.52. The van der Waals surface area contributed by atoms with Crippen molar-refractivity contribution in [2.24, 2.45) is 0 Å². The van der Waals surface area contributed by atoms with E-state index in [4.69, 9.17) is 0 Å². The van der Waals surface area contributed by atoms with Crippen molar-refractivity contribution < 1.29 is 17.6 Å². The number of benzene rings is 2. The Morgan fingerprint density at radius 2 is 1.75 bits per heavy atom. The molecule has 0 radical (unpaired) electrons. The zero-order valence-corrected chi connectivity index (χ0v) is 21.7. The average Bonchev–Trinajstić information content (AvgIpc) is 3.30. The largest absolute Gasteiger partial charge is 0.279 e. The van der Waals surface area contributed by atoms with Gasteiger partial charge in [-0.1, -0.05) is 31.3 Å². The molecule has 7 nitrogen and oxygen atoms in total. The molecule has 2 aromatic heterocycles. The Morgan fingerprint density at radius 1 is 1.03 bits per heavy atom. The predicted octanol–water partition coefficient (Wildman–Crippen LogP) is 5.49. The normalized spacial score (nSPS) is 11.8. The molecule has 4 aromatic rings. The number of hydrogen-bond donors (Lipinski definition) is 0. The third kappa shape index (κ3) is 5.61. The van der Waals surface area contributed by atoms with E-state index in [1.54, 1.807) is 24.5 Å². The minimum atomic E-state index is -3.66. The highest BCUT2D eigenvalue weighted by atomic mass is 32.2. The summed E-state index contributed by atoms with van der Waals surface area (Å²) >= 11 is 1.22. The minimum Gasteiger partial charge on any atom is -0.279 e. The summed E-state index contributed by atoms with van der Waals surface area (Å²) in [5, 5.41) is 0.415. The predicted molar refractivity (Wildman–Crippen MR) is 140 cm³/mol. The van der Waals surface area contributed by atoms with Gasteiger partial charge >= 0.3 is 0 Å². The van der Waals surface area contributed by atoms with Gasteiger partial charge in [-0.2, -0.15) is 4.31 Å². The Hall–Kier alpha value is -3.21. The van der Waals surface area contributed by atoms with Gasteiger partial charge in [-0.05, 0) is 66.9 Å². The van der Waals surface area contributed by atoms with Gasteiger partial charge in [0, 0.05) is 31.0 Å². The quantitative estimate of drug-likeness (QED) is 0.273. The Morgan fingerprint density at radius 3 is 2.39 bits per heavy atom. The van der Waals surface area contributed by atoms with E-state index in [0.29, 0.717) is 46.8 Å². The topological polar surface area (TPSA) is 83.5 Å². The first-order valence-electron chi connectivity index (χ1n) is 11.7. The van der Waals surface area contributed by atoms with Crippen LogP contribution in [0.15, 0.2) is 71.9 Å². The van der Waals surface area contributed by atoms with E-state index in [2.05, 4.69) is 9.97 Å². The molecule has 0 aliphatic heterocycles. The number of sulfonamides is 1. The molecule has 0 N–H and O–H groups in total. The molecule has 1 amide bonds. The van der Waals surface area contributed by atoms with Crippen molar-refractivity contribution in [2.75, 3.05) is 18.0 Å². The number of carbonyl (C=O) groups is 1. The smallest absolute Gasteiger partial charge is 0.260 e. The molecule has 0 aliphatic rings. The summed E-state index contributed by atoms with van der Waals surface area (Å²) in [4.78, 5) is 24.0. The highest BCUT2D eigenvalue weighted by Crippen LogP contribution is 2.31. The van der Waals surface area contributed by atoms with E-state index >= 15 is 0 Å². The molecule has 0 atom stereocenters. The number of fused-ring (bicyclic) bond motifs is 1. The molecule has 2 heterocycles. The van der Waals surface area contributed by atoms with Crippen molar-refractivity contribution in [3.05, 3.63) is 83.9 Å². The third-order valence-electron chi connectivity index (χ3n) is 5.56. The molecule has 0 fully saturated rings. The lowest BCUT2D eigenvalue weighted by atomic mass is 10.2. The van der Waals surface area contributed by atoms with Gasteiger partial charge < -0.3 is 0 Å². The molecule has 0 unspecified atom stereocenters. The van der Waals surface area contributed by atoms with Crippen LogP contribution in [0.3, 0.4) is 0 Å². The van der Waals surface area contributed by atoms with E-state index in [0.717, 1.165) is 5.56 Å². The molecule has 0 saturated heterocycles. The van der Waals surface area contributed by atoms with Crippen LogP contribution in [-0.4, -0.2) is 41.7 Å². The monoisotopic (exact) mass is 526 g/mol. The van der Waals surface area contributed by atoms with Crippen LogP contribution in [0.5, 0.6) is 0 Å². The summed E-state index contributed by atoms with van der Waals surface area (Å²) in [6.07, 6.45) is 4.74. The van der Waals surface area contributed by atoms with Gasteiger partial charge in [0.25, 0.3) is 5.91 Å². The van der Waals surface area contributed by atoms with Crippen molar-refractivity contribution in [2.45, 2.75) is 38.1 Å². The molecule has 0 saturated carbocycles. The van der Waals surface area contributed by atoms with Crippen molar-refractivity contribution >= 4 is 42.6 Å². The SMILES string of the molecule is CCCN(CCC)S(=O)(=O)c1ccc(C(=O)N(Cc2cccnc2)c2nc3ccc(F)cc3s2)cc1. The fraction of sp³-hybridized carbons (Fsp3) is 0.269. The summed E-state index contributed by atoms with van der Waals surface area (Å²) in [6.45, 7) is 4.96. The maximum atomic E-state index is 13.7. The zero-order chi connectivity index (χ0) is 25.7. The highest BCUT2D eigenvalue weighted by molar-refractivity contribution is 7.89. The van der Waals surface area contributed by atoms with Crippen molar-refractivity contribution in [3.63, 3.8) is 0 Å². The van der Waals surface area contributed by atoms with Crippen LogP contribution in [0.2, 0.25) is 0 Å². The Labute approximate surface area is 214 Å². The Bertz CT molecular complexity index is 1440. The van der Waals surface area contributed by atoms with Gasteiger partial charge in [0.1, 0.15) is 5.82 Å². The number of thiazole rings is 1. The molecule has 0 bridgehead atoms. The Balaban J connectivity index is 1.67. The number of anilines is 1. The number of rotatable bonds is 10. The summed E-state index contributed by atoms with van der Waals surface area (Å²) in [7, 11) is -3.66. The summed E-state index contributed by atoms with van der Waals surface area (Å²) in [5.74, 6) is -0.721.